The van der Waals surface area contributed by atoms with Crippen LogP contribution < -0.4 is 15.8 Å². The maximum absolute atomic E-state index is 12.9. The molecule has 10 heteroatoms. The predicted molar refractivity (Wildman–Crippen MR) is 86.4 cm³/mol. The first-order valence-electron chi connectivity index (χ1n) is 7.60. The summed E-state index contributed by atoms with van der Waals surface area (Å²) in [5.41, 5.74) is -2.17. The first-order valence-corrected chi connectivity index (χ1v) is 8.48. The maximum Gasteiger partial charge on any atom is 0.433 e. The number of amides is 1. The number of H-pyrrole nitrogens is 1. The highest BCUT2D eigenvalue weighted by Gasteiger charge is 2.36. The molecule has 1 saturated heterocycles. The molecule has 134 valence electrons. The normalized spacial score (nSPS) is 17.7. The van der Waals surface area contributed by atoms with E-state index in [-0.39, 0.29) is 11.9 Å². The van der Waals surface area contributed by atoms with Crippen LogP contribution in [0.3, 0.4) is 0 Å². The molecule has 1 fully saturated rings. The fourth-order valence-corrected chi connectivity index (χ4v) is 3.37. The summed E-state index contributed by atoms with van der Waals surface area (Å²) in [4.78, 5) is 32.1. The molecule has 1 atom stereocenters. The summed E-state index contributed by atoms with van der Waals surface area (Å²) >= 11 is 1.50. The zero-order valence-corrected chi connectivity index (χ0v) is 13.8. The molecule has 2 aromatic rings. The van der Waals surface area contributed by atoms with Crippen LogP contribution in [0.5, 0.6) is 0 Å². The van der Waals surface area contributed by atoms with Gasteiger partial charge in [0, 0.05) is 17.5 Å². The number of alkyl halides is 3. The summed E-state index contributed by atoms with van der Waals surface area (Å²) in [7, 11) is 0. The minimum atomic E-state index is -4.72. The Morgan fingerprint density at radius 3 is 2.96 bits per heavy atom. The molecule has 2 N–H and O–H groups in total. The van der Waals surface area contributed by atoms with Gasteiger partial charge in [0.25, 0.3) is 5.56 Å². The number of thiophene rings is 1. The van der Waals surface area contributed by atoms with Gasteiger partial charge in [0.05, 0.1) is 6.54 Å². The Hall–Kier alpha value is -2.36. The lowest BCUT2D eigenvalue weighted by atomic mass is 10.2. The zero-order chi connectivity index (χ0) is 18.0. The minimum Gasteiger partial charge on any atom is -0.349 e. The molecule has 0 aliphatic carbocycles. The van der Waals surface area contributed by atoms with Gasteiger partial charge in [-0.25, -0.2) is 4.98 Å². The first kappa shape index (κ1) is 17.5. The summed E-state index contributed by atoms with van der Waals surface area (Å²) in [6, 6.07) is 3.49. The second-order valence-corrected chi connectivity index (χ2v) is 6.63. The fraction of sp³-hybridized carbons (Fsp3) is 0.400. The van der Waals surface area contributed by atoms with Crippen molar-refractivity contribution in [1.82, 2.24) is 15.3 Å². The van der Waals surface area contributed by atoms with Gasteiger partial charge in [-0.1, -0.05) is 6.07 Å². The van der Waals surface area contributed by atoms with Crippen LogP contribution in [0.25, 0.3) is 0 Å². The summed E-state index contributed by atoms with van der Waals surface area (Å²) in [5.74, 6) is -0.528. The third-order valence-corrected chi connectivity index (χ3v) is 4.74. The molecular weight excluding hydrogens is 357 g/mol. The summed E-state index contributed by atoms with van der Waals surface area (Å²) in [5, 5.41) is 4.66. The van der Waals surface area contributed by atoms with Gasteiger partial charge in [0.1, 0.15) is 6.04 Å². The summed E-state index contributed by atoms with van der Waals surface area (Å²) in [6.45, 7) is 0.703. The molecule has 1 aliphatic heterocycles. The van der Waals surface area contributed by atoms with Crippen molar-refractivity contribution < 1.29 is 18.0 Å². The number of hydrogen-bond donors (Lipinski definition) is 2. The highest BCUT2D eigenvalue weighted by molar-refractivity contribution is 7.09. The monoisotopic (exact) mass is 372 g/mol. The Morgan fingerprint density at radius 2 is 2.28 bits per heavy atom. The molecule has 0 radical (unpaired) electrons. The number of halogens is 3. The quantitative estimate of drug-likeness (QED) is 0.862. The van der Waals surface area contributed by atoms with Crippen LogP contribution in [0.2, 0.25) is 0 Å². The number of carbonyl (C=O) groups is 1. The van der Waals surface area contributed by atoms with Crippen LogP contribution in [-0.2, 0) is 17.5 Å². The van der Waals surface area contributed by atoms with E-state index in [1.165, 1.54) is 16.2 Å². The van der Waals surface area contributed by atoms with Gasteiger partial charge in [-0.3, -0.25) is 14.6 Å². The Labute approximate surface area is 144 Å². The molecule has 1 amide bonds. The molecule has 0 spiro atoms. The standard InChI is InChI=1S/C15H15F3N4O2S/c16-15(17,18)11-7-12(23)21-14(20-11)22-5-1-4-10(22)13(24)19-8-9-3-2-6-25-9/h2-3,6-7,10H,1,4-5,8H2,(H,19,24)(H,20,21,23). The number of carbonyl (C=O) groups excluding carboxylic acids is 1. The van der Waals surface area contributed by atoms with E-state index in [1.54, 1.807) is 0 Å². The predicted octanol–water partition coefficient (Wildman–Crippen LogP) is 2.14. The van der Waals surface area contributed by atoms with Gasteiger partial charge in [0.2, 0.25) is 11.9 Å². The van der Waals surface area contributed by atoms with Crippen LogP contribution in [0.4, 0.5) is 19.1 Å². The topological polar surface area (TPSA) is 78.1 Å². The van der Waals surface area contributed by atoms with Crippen LogP contribution in [0, 0.1) is 0 Å². The van der Waals surface area contributed by atoms with E-state index in [1.807, 2.05) is 17.5 Å². The van der Waals surface area contributed by atoms with E-state index in [0.717, 1.165) is 4.88 Å². The fourth-order valence-electron chi connectivity index (χ4n) is 2.72. The van der Waals surface area contributed by atoms with Crippen molar-refractivity contribution in [2.24, 2.45) is 0 Å². The molecule has 0 saturated carbocycles. The number of nitrogens with one attached hydrogen (secondary N) is 2. The van der Waals surface area contributed by atoms with Crippen molar-refractivity contribution in [1.29, 1.82) is 0 Å². The largest absolute Gasteiger partial charge is 0.433 e. The van der Waals surface area contributed by atoms with Crippen molar-refractivity contribution >= 4 is 23.2 Å². The molecule has 25 heavy (non-hydrogen) atoms. The highest BCUT2D eigenvalue weighted by Crippen LogP contribution is 2.29. The lowest BCUT2D eigenvalue weighted by molar-refractivity contribution is -0.141. The average Bonchev–Trinajstić information content (AvgIpc) is 3.22. The molecule has 6 nitrogen and oxygen atoms in total. The van der Waals surface area contributed by atoms with E-state index in [4.69, 9.17) is 0 Å². The SMILES string of the molecule is O=C(NCc1cccs1)C1CCCN1c1nc(C(F)(F)F)cc(=O)[nH]1. The lowest BCUT2D eigenvalue weighted by Crippen LogP contribution is -2.44. The van der Waals surface area contributed by atoms with Gasteiger partial charge in [-0.2, -0.15) is 13.2 Å². The Morgan fingerprint density at radius 1 is 1.48 bits per heavy atom. The van der Waals surface area contributed by atoms with Gasteiger partial charge in [-0.15, -0.1) is 11.3 Å². The number of aromatic nitrogens is 2. The van der Waals surface area contributed by atoms with Crippen molar-refractivity contribution in [2.45, 2.75) is 31.6 Å². The smallest absolute Gasteiger partial charge is 0.349 e. The van der Waals surface area contributed by atoms with E-state index >= 15 is 0 Å². The molecule has 2 aromatic heterocycles. The number of nitrogens with zero attached hydrogens (tertiary/aromatic N) is 2. The van der Waals surface area contributed by atoms with Gasteiger partial charge in [-0.05, 0) is 24.3 Å². The van der Waals surface area contributed by atoms with Crippen LogP contribution >= 0.6 is 11.3 Å². The number of aromatic amines is 1. The molecular formula is C15H15F3N4O2S. The van der Waals surface area contributed by atoms with Gasteiger partial charge < -0.3 is 10.2 Å². The Kier molecular flexibility index (Phi) is 4.80. The molecule has 3 rings (SSSR count). The zero-order valence-electron chi connectivity index (χ0n) is 13.0. The second-order valence-electron chi connectivity index (χ2n) is 5.60. The third kappa shape index (κ3) is 4.01. The van der Waals surface area contributed by atoms with Crippen molar-refractivity contribution in [3.8, 4) is 0 Å². The maximum atomic E-state index is 12.9. The lowest BCUT2D eigenvalue weighted by Gasteiger charge is -2.24. The van der Waals surface area contributed by atoms with Crippen LogP contribution in [0.15, 0.2) is 28.4 Å². The van der Waals surface area contributed by atoms with Gasteiger partial charge >= 0.3 is 6.18 Å². The minimum absolute atomic E-state index is 0.228. The molecule has 1 aliphatic rings. The molecule has 0 aromatic carbocycles. The average molecular weight is 372 g/mol. The first-order chi connectivity index (χ1) is 11.8. The van der Waals surface area contributed by atoms with Crippen LogP contribution in [0.1, 0.15) is 23.4 Å². The van der Waals surface area contributed by atoms with E-state index in [0.29, 0.717) is 32.0 Å². The molecule has 3 heterocycles. The molecule has 0 bridgehead atoms. The van der Waals surface area contributed by atoms with Crippen molar-refractivity contribution in [3.63, 3.8) is 0 Å². The van der Waals surface area contributed by atoms with Crippen LogP contribution in [-0.4, -0.2) is 28.5 Å². The number of rotatable bonds is 4. The van der Waals surface area contributed by atoms with Crippen molar-refractivity contribution in [3.05, 3.63) is 44.5 Å². The van der Waals surface area contributed by atoms with E-state index in [2.05, 4.69) is 15.3 Å². The summed E-state index contributed by atoms with van der Waals surface area (Å²) in [6.07, 6.45) is -3.62. The summed E-state index contributed by atoms with van der Waals surface area (Å²) < 4.78 is 38.6. The number of hydrogen-bond acceptors (Lipinski definition) is 5. The van der Waals surface area contributed by atoms with Gasteiger partial charge in [0.15, 0.2) is 5.69 Å². The third-order valence-electron chi connectivity index (χ3n) is 3.86. The highest BCUT2D eigenvalue weighted by atomic mass is 32.1. The van der Waals surface area contributed by atoms with E-state index < -0.39 is 23.5 Å². The van der Waals surface area contributed by atoms with Crippen molar-refractivity contribution in [2.75, 3.05) is 11.4 Å². The Balaban J connectivity index is 1.78. The Bertz CT molecular complexity index is 804. The molecule has 1 unspecified atom stereocenters. The van der Waals surface area contributed by atoms with E-state index in [9.17, 15) is 22.8 Å². The number of anilines is 1. The second kappa shape index (κ2) is 6.87.